The maximum atomic E-state index is 13.7. The molecule has 0 saturated heterocycles. The first kappa shape index (κ1) is 16.0. The van der Waals surface area contributed by atoms with Crippen LogP contribution in [-0.2, 0) is 12.3 Å². The maximum Gasteiger partial charge on any atom is 0.273 e. The van der Waals surface area contributed by atoms with Crippen LogP contribution in [0.1, 0.15) is 38.3 Å². The summed E-state index contributed by atoms with van der Waals surface area (Å²) in [5.74, 6) is -2.75. The fourth-order valence-electron chi connectivity index (χ4n) is 3.12. The third-order valence-electron chi connectivity index (χ3n) is 4.62. The Hall–Kier alpha value is -1.90. The van der Waals surface area contributed by atoms with Crippen LogP contribution in [0.15, 0.2) is 42.5 Å². The van der Waals surface area contributed by atoms with Gasteiger partial charge in [0.25, 0.3) is 5.92 Å². The van der Waals surface area contributed by atoms with Gasteiger partial charge in [-0.3, -0.25) is 0 Å². The Balaban J connectivity index is 1.91. The van der Waals surface area contributed by atoms with Gasteiger partial charge in [0, 0.05) is 24.2 Å². The number of halogens is 2. The molecule has 1 heterocycles. The van der Waals surface area contributed by atoms with E-state index in [4.69, 9.17) is 0 Å². The quantitative estimate of drug-likeness (QED) is 0.749. The average Bonchev–Trinajstić information content (AvgIpc) is 2.53. The van der Waals surface area contributed by atoms with Gasteiger partial charge >= 0.3 is 0 Å². The third kappa shape index (κ3) is 3.24. The van der Waals surface area contributed by atoms with Gasteiger partial charge in [-0.05, 0) is 40.7 Å². The molecule has 0 fully saturated rings. The van der Waals surface area contributed by atoms with Crippen LogP contribution in [0, 0.1) is 5.41 Å². The van der Waals surface area contributed by atoms with Crippen molar-refractivity contribution in [2.24, 2.45) is 5.41 Å². The van der Waals surface area contributed by atoms with E-state index < -0.39 is 5.92 Å². The predicted molar refractivity (Wildman–Crippen MR) is 92.0 cm³/mol. The smallest absolute Gasteiger partial charge is 0.273 e. The van der Waals surface area contributed by atoms with E-state index in [1.807, 2.05) is 0 Å². The molecule has 1 aliphatic rings. The molecule has 1 aliphatic heterocycles. The molecule has 0 atom stereocenters. The Morgan fingerprint density at radius 2 is 1.70 bits per heavy atom. The molecule has 1 nitrogen and oxygen atoms in total. The third-order valence-corrected chi connectivity index (χ3v) is 4.62. The van der Waals surface area contributed by atoms with Crippen molar-refractivity contribution in [2.75, 3.05) is 11.9 Å². The summed E-state index contributed by atoms with van der Waals surface area (Å²) in [5, 5.41) is 3.47. The van der Waals surface area contributed by atoms with E-state index >= 15 is 0 Å². The molecular weight excluding hydrogens is 292 g/mol. The summed E-state index contributed by atoms with van der Waals surface area (Å²) in [7, 11) is 0. The first-order valence-corrected chi connectivity index (χ1v) is 8.16. The van der Waals surface area contributed by atoms with Crippen LogP contribution in [0.4, 0.5) is 14.5 Å². The van der Waals surface area contributed by atoms with E-state index in [0.29, 0.717) is 0 Å². The van der Waals surface area contributed by atoms with Gasteiger partial charge < -0.3 is 5.32 Å². The van der Waals surface area contributed by atoms with Crippen molar-refractivity contribution in [1.29, 1.82) is 0 Å². The second-order valence-electron chi connectivity index (χ2n) is 7.20. The second kappa shape index (κ2) is 5.63. The van der Waals surface area contributed by atoms with Gasteiger partial charge in [-0.25, -0.2) is 8.78 Å². The molecule has 0 unspecified atom stereocenters. The highest BCUT2D eigenvalue weighted by Gasteiger charge is 2.28. The van der Waals surface area contributed by atoms with Crippen molar-refractivity contribution < 1.29 is 8.78 Å². The van der Waals surface area contributed by atoms with Crippen molar-refractivity contribution in [3.8, 4) is 11.1 Å². The molecule has 0 radical (unpaired) electrons. The summed E-state index contributed by atoms with van der Waals surface area (Å²) in [6.07, 6.45) is 0.848. The summed E-state index contributed by atoms with van der Waals surface area (Å²) in [6, 6.07) is 13.0. The number of hydrogen-bond acceptors (Lipinski definition) is 1. The molecule has 2 aromatic carbocycles. The minimum Gasteiger partial charge on any atom is -0.384 e. The predicted octanol–water partition coefficient (Wildman–Crippen LogP) is 5.85. The normalized spacial score (nSPS) is 16.6. The van der Waals surface area contributed by atoms with Gasteiger partial charge in [0.05, 0.1) is 0 Å². The molecular formula is C20H23F2N. The lowest BCUT2D eigenvalue weighted by Crippen LogP contribution is -2.30. The van der Waals surface area contributed by atoms with Crippen LogP contribution in [0.5, 0.6) is 0 Å². The Morgan fingerprint density at radius 1 is 1.04 bits per heavy atom. The minimum atomic E-state index is -2.75. The molecule has 3 heteroatoms. The minimum absolute atomic E-state index is 0.0875. The van der Waals surface area contributed by atoms with Gasteiger partial charge in [0.2, 0.25) is 0 Å². The number of alkyl halides is 2. The highest BCUT2D eigenvalue weighted by molar-refractivity contribution is 5.69. The Bertz CT molecular complexity index is 702. The van der Waals surface area contributed by atoms with Crippen molar-refractivity contribution in [3.05, 3.63) is 53.6 Å². The zero-order valence-corrected chi connectivity index (χ0v) is 13.9. The van der Waals surface area contributed by atoms with Gasteiger partial charge in [-0.1, -0.05) is 51.1 Å². The van der Waals surface area contributed by atoms with Gasteiger partial charge in [-0.2, -0.15) is 0 Å². The van der Waals surface area contributed by atoms with Gasteiger partial charge in [0.15, 0.2) is 0 Å². The monoisotopic (exact) mass is 315 g/mol. The van der Waals surface area contributed by atoms with Crippen LogP contribution in [-0.4, -0.2) is 6.54 Å². The molecule has 0 amide bonds. The molecule has 0 saturated carbocycles. The fraction of sp³-hybridized carbons (Fsp3) is 0.400. The SMILES string of the molecule is CCC(F)(F)c1ccc(-c2ccc3c(c2)CC(C)(C)CN3)cc1. The van der Waals surface area contributed by atoms with Crippen molar-refractivity contribution in [3.63, 3.8) is 0 Å². The average molecular weight is 315 g/mol. The van der Waals surface area contributed by atoms with Gasteiger partial charge in [-0.15, -0.1) is 0 Å². The standard InChI is InChI=1S/C20H23F2N/c1-4-20(21,22)17-8-5-14(6-9-17)15-7-10-18-16(11-15)12-19(2,3)13-23-18/h5-11,23H,4,12-13H2,1-3H3. The van der Waals surface area contributed by atoms with E-state index in [1.165, 1.54) is 18.2 Å². The molecule has 0 bridgehead atoms. The van der Waals surface area contributed by atoms with E-state index in [2.05, 4.69) is 37.4 Å². The highest BCUT2D eigenvalue weighted by atomic mass is 19.3. The molecule has 122 valence electrons. The van der Waals surface area contributed by atoms with Crippen molar-refractivity contribution in [1.82, 2.24) is 0 Å². The van der Waals surface area contributed by atoms with Crippen LogP contribution < -0.4 is 5.32 Å². The first-order valence-electron chi connectivity index (χ1n) is 8.16. The van der Waals surface area contributed by atoms with Crippen LogP contribution in [0.25, 0.3) is 11.1 Å². The lowest BCUT2D eigenvalue weighted by atomic mass is 9.81. The Labute approximate surface area is 136 Å². The molecule has 0 spiro atoms. The topological polar surface area (TPSA) is 12.0 Å². The molecule has 3 rings (SSSR count). The zero-order chi connectivity index (χ0) is 16.7. The summed E-state index contributed by atoms with van der Waals surface area (Å²) >= 11 is 0. The molecule has 1 N–H and O–H groups in total. The summed E-state index contributed by atoms with van der Waals surface area (Å²) in [4.78, 5) is 0. The second-order valence-corrected chi connectivity index (χ2v) is 7.20. The van der Waals surface area contributed by atoms with Crippen LogP contribution >= 0.6 is 0 Å². The van der Waals surface area contributed by atoms with E-state index in [0.717, 1.165) is 24.1 Å². The van der Waals surface area contributed by atoms with Crippen molar-refractivity contribution in [2.45, 2.75) is 39.5 Å². The first-order chi connectivity index (χ1) is 10.8. The van der Waals surface area contributed by atoms with Gasteiger partial charge in [0.1, 0.15) is 0 Å². The zero-order valence-electron chi connectivity index (χ0n) is 13.9. The highest BCUT2D eigenvalue weighted by Crippen LogP contribution is 2.36. The lowest BCUT2D eigenvalue weighted by Gasteiger charge is -2.32. The number of rotatable bonds is 3. The molecule has 0 aromatic heterocycles. The summed E-state index contributed by atoms with van der Waals surface area (Å²) in [5.41, 5.74) is 4.86. The number of fused-ring (bicyclic) bond motifs is 1. The number of hydrogen-bond donors (Lipinski definition) is 1. The molecule has 0 aliphatic carbocycles. The largest absolute Gasteiger partial charge is 0.384 e. The number of anilines is 1. The maximum absolute atomic E-state index is 13.7. The molecule has 23 heavy (non-hydrogen) atoms. The van der Waals surface area contributed by atoms with E-state index in [-0.39, 0.29) is 17.4 Å². The van der Waals surface area contributed by atoms with Crippen LogP contribution in [0.2, 0.25) is 0 Å². The molecule has 2 aromatic rings. The fourth-order valence-corrected chi connectivity index (χ4v) is 3.12. The number of benzene rings is 2. The van der Waals surface area contributed by atoms with E-state index in [1.54, 1.807) is 24.3 Å². The number of nitrogens with one attached hydrogen (secondary N) is 1. The summed E-state index contributed by atoms with van der Waals surface area (Å²) in [6.45, 7) is 6.97. The van der Waals surface area contributed by atoms with Crippen LogP contribution in [0.3, 0.4) is 0 Å². The lowest BCUT2D eigenvalue weighted by molar-refractivity contribution is -0.00827. The van der Waals surface area contributed by atoms with Crippen molar-refractivity contribution >= 4 is 5.69 Å². The summed E-state index contributed by atoms with van der Waals surface area (Å²) < 4.78 is 27.4. The van der Waals surface area contributed by atoms with E-state index in [9.17, 15) is 8.78 Å². The Kier molecular flexibility index (Phi) is 3.91. The Morgan fingerprint density at radius 3 is 2.35 bits per heavy atom.